The van der Waals surface area contributed by atoms with Gasteiger partial charge in [0, 0.05) is 42.7 Å². The normalized spacial score (nSPS) is 14.5. The van der Waals surface area contributed by atoms with Gasteiger partial charge in [0.2, 0.25) is 5.95 Å². The van der Waals surface area contributed by atoms with Crippen molar-refractivity contribution in [2.45, 2.75) is 25.5 Å². The van der Waals surface area contributed by atoms with Crippen LogP contribution >= 0.6 is 0 Å². The van der Waals surface area contributed by atoms with E-state index >= 15 is 0 Å². The number of nitrogens with zero attached hydrogens (tertiary/aromatic N) is 6. The SMILES string of the molecule is CN(C)C1CCN(c2nc(-c3ccc(C#N)cc3)c(-c3cc(F)c(CO)c(F)c3)c3nccn23)CC1. The second-order valence-corrected chi connectivity index (χ2v) is 9.20. The predicted octanol–water partition coefficient (Wildman–Crippen LogP) is 4.24. The van der Waals surface area contributed by atoms with Crippen molar-refractivity contribution in [1.82, 2.24) is 19.3 Å². The minimum absolute atomic E-state index is 0.267. The van der Waals surface area contributed by atoms with Crippen molar-refractivity contribution in [3.05, 3.63) is 71.6 Å². The van der Waals surface area contributed by atoms with E-state index in [1.54, 1.807) is 36.7 Å². The van der Waals surface area contributed by atoms with Crippen LogP contribution in [0.2, 0.25) is 0 Å². The molecule has 1 N–H and O–H groups in total. The van der Waals surface area contributed by atoms with Gasteiger partial charge in [-0.3, -0.25) is 4.40 Å². The van der Waals surface area contributed by atoms with E-state index < -0.39 is 18.2 Å². The summed E-state index contributed by atoms with van der Waals surface area (Å²) in [4.78, 5) is 14.0. The summed E-state index contributed by atoms with van der Waals surface area (Å²) in [6, 6.07) is 11.9. The summed E-state index contributed by atoms with van der Waals surface area (Å²) in [6.07, 6.45) is 5.42. The van der Waals surface area contributed by atoms with E-state index in [0.29, 0.717) is 40.0 Å². The molecule has 5 rings (SSSR count). The van der Waals surface area contributed by atoms with Gasteiger partial charge >= 0.3 is 0 Å². The third kappa shape index (κ3) is 4.19. The topological polar surface area (TPSA) is 80.7 Å². The zero-order valence-corrected chi connectivity index (χ0v) is 20.1. The Morgan fingerprint density at radius 2 is 1.75 bits per heavy atom. The van der Waals surface area contributed by atoms with E-state index in [1.165, 1.54) is 12.1 Å². The van der Waals surface area contributed by atoms with Crippen LogP contribution in [0.3, 0.4) is 0 Å². The molecule has 0 atom stereocenters. The van der Waals surface area contributed by atoms with Crippen molar-refractivity contribution in [2.24, 2.45) is 0 Å². The number of nitriles is 1. The third-order valence-electron chi connectivity index (χ3n) is 6.88. The van der Waals surface area contributed by atoms with Crippen molar-refractivity contribution in [3.8, 4) is 28.5 Å². The number of aromatic nitrogens is 3. The summed E-state index contributed by atoms with van der Waals surface area (Å²) in [5, 5.41) is 18.6. The van der Waals surface area contributed by atoms with Crippen LogP contribution in [0.4, 0.5) is 14.7 Å². The van der Waals surface area contributed by atoms with Crippen LogP contribution in [-0.2, 0) is 6.61 Å². The average Bonchev–Trinajstić information content (AvgIpc) is 3.37. The molecule has 1 saturated heterocycles. The van der Waals surface area contributed by atoms with Gasteiger partial charge in [0.05, 0.1) is 29.5 Å². The maximum Gasteiger partial charge on any atom is 0.211 e. The van der Waals surface area contributed by atoms with Crippen molar-refractivity contribution >= 4 is 11.6 Å². The fraction of sp³-hybridized carbons (Fsp3) is 0.296. The summed E-state index contributed by atoms with van der Waals surface area (Å²) in [5.41, 5.74) is 2.58. The van der Waals surface area contributed by atoms with Crippen LogP contribution in [0.5, 0.6) is 0 Å². The molecular weight excluding hydrogens is 462 g/mol. The highest BCUT2D eigenvalue weighted by Crippen LogP contribution is 2.38. The number of imidazole rings is 1. The number of aliphatic hydroxyl groups is 1. The van der Waals surface area contributed by atoms with Crippen LogP contribution < -0.4 is 4.90 Å². The fourth-order valence-corrected chi connectivity index (χ4v) is 4.85. The number of fused-ring (bicyclic) bond motifs is 1. The number of aliphatic hydroxyl groups excluding tert-OH is 1. The molecule has 1 aliphatic rings. The standard InChI is InChI=1S/C27H26F2N6O/c1-33(2)20-7-10-34(11-8-20)27-32-25(18-5-3-17(15-30)4-6-18)24(26-31-9-12-35(26)27)19-13-22(28)21(16-36)23(29)14-19/h3-6,9,12-14,20,36H,7-8,10-11,16H2,1-2H3. The van der Waals surface area contributed by atoms with E-state index in [4.69, 9.17) is 4.98 Å². The second kappa shape index (κ2) is 9.64. The Hall–Kier alpha value is -3.87. The largest absolute Gasteiger partial charge is 0.391 e. The van der Waals surface area contributed by atoms with Gasteiger partial charge in [0.1, 0.15) is 17.3 Å². The first kappa shape index (κ1) is 23.9. The molecule has 3 heterocycles. The molecule has 2 aromatic heterocycles. The zero-order chi connectivity index (χ0) is 25.4. The first-order valence-electron chi connectivity index (χ1n) is 11.8. The van der Waals surface area contributed by atoms with E-state index in [2.05, 4.69) is 34.9 Å². The minimum Gasteiger partial charge on any atom is -0.391 e. The molecule has 0 amide bonds. The number of anilines is 1. The van der Waals surface area contributed by atoms with Crippen molar-refractivity contribution in [3.63, 3.8) is 0 Å². The highest BCUT2D eigenvalue weighted by Gasteiger charge is 2.26. The van der Waals surface area contributed by atoms with Crippen molar-refractivity contribution in [1.29, 1.82) is 5.26 Å². The molecular formula is C27H26F2N6O. The predicted molar refractivity (Wildman–Crippen MR) is 133 cm³/mol. The zero-order valence-electron chi connectivity index (χ0n) is 20.1. The number of piperidine rings is 1. The fourth-order valence-electron chi connectivity index (χ4n) is 4.85. The molecule has 1 fully saturated rings. The second-order valence-electron chi connectivity index (χ2n) is 9.20. The van der Waals surface area contributed by atoms with Gasteiger partial charge in [-0.15, -0.1) is 0 Å². The highest BCUT2D eigenvalue weighted by atomic mass is 19.1. The van der Waals surface area contributed by atoms with Crippen LogP contribution in [-0.4, -0.2) is 57.6 Å². The Morgan fingerprint density at radius 3 is 2.33 bits per heavy atom. The summed E-state index contributed by atoms with van der Waals surface area (Å²) in [7, 11) is 4.18. The van der Waals surface area contributed by atoms with Crippen LogP contribution in [0.25, 0.3) is 28.0 Å². The molecule has 0 saturated carbocycles. The first-order valence-corrected chi connectivity index (χ1v) is 11.8. The van der Waals surface area contributed by atoms with Gasteiger partial charge in [-0.05, 0) is 56.8 Å². The summed E-state index contributed by atoms with van der Waals surface area (Å²) >= 11 is 0. The Bertz CT molecular complexity index is 1430. The monoisotopic (exact) mass is 488 g/mol. The molecule has 4 aromatic rings. The number of rotatable bonds is 5. The lowest BCUT2D eigenvalue weighted by molar-refractivity contribution is 0.249. The molecule has 0 bridgehead atoms. The number of hydrogen-bond donors (Lipinski definition) is 1. The van der Waals surface area contributed by atoms with Crippen molar-refractivity contribution in [2.75, 3.05) is 32.1 Å². The van der Waals surface area contributed by atoms with Gasteiger partial charge in [0.25, 0.3) is 0 Å². The molecule has 0 unspecified atom stereocenters. The van der Waals surface area contributed by atoms with Gasteiger partial charge in [0.15, 0.2) is 0 Å². The Labute approximate surface area is 207 Å². The van der Waals surface area contributed by atoms with Gasteiger partial charge in [-0.2, -0.15) is 5.26 Å². The minimum atomic E-state index is -0.835. The summed E-state index contributed by atoms with van der Waals surface area (Å²) in [6.45, 7) is 0.882. The van der Waals surface area contributed by atoms with E-state index in [1.807, 2.05) is 4.40 Å². The maximum absolute atomic E-state index is 14.7. The number of halogens is 2. The van der Waals surface area contributed by atoms with Crippen molar-refractivity contribution < 1.29 is 13.9 Å². The quantitative estimate of drug-likeness (QED) is 0.453. The molecule has 0 spiro atoms. The summed E-state index contributed by atoms with van der Waals surface area (Å²) in [5.74, 6) is -0.966. The smallest absolute Gasteiger partial charge is 0.211 e. The molecule has 2 aromatic carbocycles. The van der Waals surface area contributed by atoms with Gasteiger partial charge in [-0.25, -0.2) is 18.7 Å². The van der Waals surface area contributed by atoms with Crippen LogP contribution in [0.1, 0.15) is 24.0 Å². The molecule has 0 aliphatic carbocycles. The Morgan fingerprint density at radius 1 is 1.08 bits per heavy atom. The molecule has 1 aliphatic heterocycles. The van der Waals surface area contributed by atoms with E-state index in [-0.39, 0.29) is 11.1 Å². The number of benzene rings is 2. The van der Waals surface area contributed by atoms with E-state index in [0.717, 1.165) is 25.9 Å². The average molecular weight is 489 g/mol. The molecule has 7 nitrogen and oxygen atoms in total. The molecule has 9 heteroatoms. The molecule has 0 radical (unpaired) electrons. The van der Waals surface area contributed by atoms with Crippen LogP contribution in [0.15, 0.2) is 48.8 Å². The van der Waals surface area contributed by atoms with E-state index in [9.17, 15) is 19.1 Å². The first-order chi connectivity index (χ1) is 17.4. The molecule has 36 heavy (non-hydrogen) atoms. The Balaban J connectivity index is 1.72. The van der Waals surface area contributed by atoms with Gasteiger partial charge in [-0.1, -0.05) is 12.1 Å². The maximum atomic E-state index is 14.7. The van der Waals surface area contributed by atoms with Crippen LogP contribution in [0, 0.1) is 23.0 Å². The lowest BCUT2D eigenvalue weighted by Gasteiger charge is -2.36. The van der Waals surface area contributed by atoms with Gasteiger partial charge < -0.3 is 14.9 Å². The summed E-state index contributed by atoms with van der Waals surface area (Å²) < 4.78 is 31.3. The lowest BCUT2D eigenvalue weighted by atomic mass is 9.97. The lowest BCUT2D eigenvalue weighted by Crippen LogP contribution is -2.43. The highest BCUT2D eigenvalue weighted by molar-refractivity contribution is 5.91. The third-order valence-corrected chi connectivity index (χ3v) is 6.88. The Kier molecular flexibility index (Phi) is 6.39. The molecule has 184 valence electrons. The number of hydrogen-bond acceptors (Lipinski definition) is 6.